The second-order valence-electron chi connectivity index (χ2n) is 6.61. The number of rotatable bonds is 4. The van der Waals surface area contributed by atoms with E-state index < -0.39 is 29.4 Å². The third-order valence-corrected chi connectivity index (χ3v) is 4.97. The van der Waals surface area contributed by atoms with E-state index in [0.717, 1.165) is 11.6 Å². The number of pyridine rings is 2. The Morgan fingerprint density at radius 2 is 1.74 bits per heavy atom. The Balaban J connectivity index is 1.69. The zero-order chi connectivity index (χ0) is 19.6. The van der Waals surface area contributed by atoms with Gasteiger partial charge in [0.25, 0.3) is 0 Å². The Morgan fingerprint density at radius 1 is 1.04 bits per heavy atom. The SMILES string of the molecule is O=C(O)c1ccc(C2CCC(C(=O)c3ccncc3C(F)(F)F)CC2)cn1. The van der Waals surface area contributed by atoms with Crippen LogP contribution in [0.5, 0.6) is 0 Å². The fourth-order valence-electron chi connectivity index (χ4n) is 3.52. The summed E-state index contributed by atoms with van der Waals surface area (Å²) in [5.41, 5.74) is -0.482. The van der Waals surface area contributed by atoms with Gasteiger partial charge in [0.2, 0.25) is 0 Å². The first-order valence-electron chi connectivity index (χ1n) is 8.52. The average Bonchev–Trinajstić information content (AvgIpc) is 2.67. The molecule has 142 valence electrons. The lowest BCUT2D eigenvalue weighted by Gasteiger charge is -2.28. The van der Waals surface area contributed by atoms with E-state index in [1.807, 2.05) is 0 Å². The molecule has 0 spiro atoms. The van der Waals surface area contributed by atoms with E-state index in [2.05, 4.69) is 9.97 Å². The minimum absolute atomic E-state index is 0.0417. The third kappa shape index (κ3) is 4.15. The van der Waals surface area contributed by atoms with Crippen molar-refractivity contribution >= 4 is 11.8 Å². The Morgan fingerprint density at radius 3 is 2.30 bits per heavy atom. The number of alkyl halides is 3. The minimum atomic E-state index is -4.62. The van der Waals surface area contributed by atoms with Crippen molar-refractivity contribution in [2.45, 2.75) is 37.8 Å². The highest BCUT2D eigenvalue weighted by molar-refractivity contribution is 5.99. The van der Waals surface area contributed by atoms with Crippen molar-refractivity contribution in [1.82, 2.24) is 9.97 Å². The first-order valence-corrected chi connectivity index (χ1v) is 8.52. The van der Waals surface area contributed by atoms with Gasteiger partial charge in [-0.25, -0.2) is 9.78 Å². The summed E-state index contributed by atoms with van der Waals surface area (Å²) in [6.45, 7) is 0. The second-order valence-corrected chi connectivity index (χ2v) is 6.61. The number of hydrogen-bond acceptors (Lipinski definition) is 4. The van der Waals surface area contributed by atoms with Crippen molar-refractivity contribution in [2.75, 3.05) is 0 Å². The number of carbonyl (C=O) groups is 2. The van der Waals surface area contributed by atoms with Gasteiger partial charge in [-0.2, -0.15) is 13.2 Å². The van der Waals surface area contributed by atoms with E-state index in [1.54, 1.807) is 6.07 Å². The molecule has 1 aliphatic carbocycles. The van der Waals surface area contributed by atoms with Crippen LogP contribution in [-0.2, 0) is 6.18 Å². The number of aromatic nitrogens is 2. The highest BCUT2D eigenvalue weighted by Gasteiger charge is 2.37. The summed E-state index contributed by atoms with van der Waals surface area (Å²) in [7, 11) is 0. The van der Waals surface area contributed by atoms with Gasteiger partial charge in [-0.05, 0) is 49.3 Å². The molecule has 1 saturated carbocycles. The molecule has 5 nitrogen and oxygen atoms in total. The van der Waals surface area contributed by atoms with Crippen molar-refractivity contribution in [1.29, 1.82) is 0 Å². The fourth-order valence-corrected chi connectivity index (χ4v) is 3.52. The van der Waals surface area contributed by atoms with Gasteiger partial charge in [0.1, 0.15) is 5.69 Å². The Bertz CT molecular complexity index is 842. The van der Waals surface area contributed by atoms with Crippen LogP contribution in [0.15, 0.2) is 36.8 Å². The van der Waals surface area contributed by atoms with Gasteiger partial charge >= 0.3 is 12.1 Å². The molecule has 0 aliphatic heterocycles. The number of halogens is 3. The average molecular weight is 378 g/mol. The maximum absolute atomic E-state index is 13.1. The summed E-state index contributed by atoms with van der Waals surface area (Å²) in [6, 6.07) is 4.27. The molecule has 0 amide bonds. The lowest BCUT2D eigenvalue weighted by molar-refractivity contribution is -0.138. The van der Waals surface area contributed by atoms with Crippen LogP contribution in [0.2, 0.25) is 0 Å². The smallest absolute Gasteiger partial charge is 0.418 e. The zero-order valence-corrected chi connectivity index (χ0v) is 14.2. The number of hydrogen-bond donors (Lipinski definition) is 1. The summed E-state index contributed by atoms with van der Waals surface area (Å²) in [5, 5.41) is 8.89. The molecular weight excluding hydrogens is 361 g/mol. The van der Waals surface area contributed by atoms with E-state index in [4.69, 9.17) is 5.11 Å². The van der Waals surface area contributed by atoms with Crippen molar-refractivity contribution in [3.63, 3.8) is 0 Å². The molecule has 3 rings (SSSR count). The molecule has 1 aliphatic rings. The molecule has 2 heterocycles. The van der Waals surface area contributed by atoms with Crippen molar-refractivity contribution < 1.29 is 27.9 Å². The predicted octanol–water partition coefficient (Wildman–Crippen LogP) is 4.35. The number of aromatic carboxylic acids is 1. The van der Waals surface area contributed by atoms with E-state index in [-0.39, 0.29) is 17.2 Å². The summed E-state index contributed by atoms with van der Waals surface area (Å²) in [5.74, 6) is -1.95. The fraction of sp³-hybridized carbons (Fsp3) is 0.368. The van der Waals surface area contributed by atoms with E-state index in [9.17, 15) is 22.8 Å². The van der Waals surface area contributed by atoms with Crippen LogP contribution in [0.4, 0.5) is 13.2 Å². The standard InChI is InChI=1S/C19H17F3N2O3/c20-19(21,22)15-10-23-8-7-14(15)17(25)12-3-1-11(2-4-12)13-5-6-16(18(26)27)24-9-13/h5-12H,1-4H2,(H,26,27). The molecular formula is C19H17F3N2O3. The molecule has 1 fully saturated rings. The lowest BCUT2D eigenvalue weighted by Crippen LogP contribution is -2.24. The molecule has 8 heteroatoms. The predicted molar refractivity (Wildman–Crippen MR) is 89.5 cm³/mol. The Hall–Kier alpha value is -2.77. The molecule has 0 unspecified atom stereocenters. The first kappa shape index (κ1) is 19.0. The van der Waals surface area contributed by atoms with Gasteiger partial charge in [-0.3, -0.25) is 9.78 Å². The number of carbonyl (C=O) groups excluding carboxylic acids is 1. The van der Waals surface area contributed by atoms with Gasteiger partial charge < -0.3 is 5.11 Å². The summed E-state index contributed by atoms with van der Waals surface area (Å²) in [4.78, 5) is 30.9. The molecule has 0 bridgehead atoms. The summed E-state index contributed by atoms with van der Waals surface area (Å²) < 4.78 is 39.3. The van der Waals surface area contributed by atoms with Crippen LogP contribution < -0.4 is 0 Å². The van der Waals surface area contributed by atoms with Crippen LogP contribution in [0, 0.1) is 5.92 Å². The first-order chi connectivity index (χ1) is 12.8. The molecule has 0 radical (unpaired) electrons. The van der Waals surface area contributed by atoms with Crippen LogP contribution in [-0.4, -0.2) is 26.8 Å². The van der Waals surface area contributed by atoms with E-state index in [1.165, 1.54) is 18.5 Å². The van der Waals surface area contributed by atoms with Crippen LogP contribution in [0.1, 0.15) is 63.6 Å². The van der Waals surface area contributed by atoms with Crippen molar-refractivity contribution in [2.24, 2.45) is 5.92 Å². The minimum Gasteiger partial charge on any atom is -0.477 e. The molecule has 0 aromatic carbocycles. The zero-order valence-electron chi connectivity index (χ0n) is 14.2. The number of carboxylic acids is 1. The maximum atomic E-state index is 13.1. The van der Waals surface area contributed by atoms with Gasteiger partial charge in [0.15, 0.2) is 5.78 Å². The summed E-state index contributed by atoms with van der Waals surface area (Å²) in [6.07, 6.45) is 1.01. The highest BCUT2D eigenvalue weighted by Crippen LogP contribution is 2.39. The third-order valence-electron chi connectivity index (χ3n) is 4.97. The quantitative estimate of drug-likeness (QED) is 0.800. The van der Waals surface area contributed by atoms with Gasteiger partial charge in [0, 0.05) is 30.1 Å². The van der Waals surface area contributed by atoms with Crippen LogP contribution in [0.3, 0.4) is 0 Å². The largest absolute Gasteiger partial charge is 0.477 e. The number of Topliss-reactive ketones (excluding diaryl/α,β-unsaturated/α-hetero) is 1. The number of carboxylic acid groups (broad SMARTS) is 1. The van der Waals surface area contributed by atoms with Crippen LogP contribution >= 0.6 is 0 Å². The lowest BCUT2D eigenvalue weighted by atomic mass is 9.76. The molecule has 0 saturated heterocycles. The molecule has 2 aromatic rings. The van der Waals surface area contributed by atoms with Gasteiger partial charge in [0.05, 0.1) is 5.56 Å². The molecule has 1 N–H and O–H groups in total. The summed E-state index contributed by atoms with van der Waals surface area (Å²) >= 11 is 0. The van der Waals surface area contributed by atoms with Crippen molar-refractivity contribution in [3.05, 3.63) is 59.2 Å². The Kier molecular flexibility index (Phi) is 5.25. The monoisotopic (exact) mass is 378 g/mol. The second kappa shape index (κ2) is 7.46. The van der Waals surface area contributed by atoms with Crippen LogP contribution in [0.25, 0.3) is 0 Å². The molecule has 2 aromatic heterocycles. The highest BCUT2D eigenvalue weighted by atomic mass is 19.4. The number of ketones is 1. The van der Waals surface area contributed by atoms with E-state index >= 15 is 0 Å². The Labute approximate surface area is 153 Å². The topological polar surface area (TPSA) is 80.1 Å². The molecule has 27 heavy (non-hydrogen) atoms. The maximum Gasteiger partial charge on any atom is 0.418 e. The van der Waals surface area contributed by atoms with Gasteiger partial charge in [-0.1, -0.05) is 6.07 Å². The van der Waals surface area contributed by atoms with E-state index in [0.29, 0.717) is 31.9 Å². The normalized spacial score (nSPS) is 20.3. The molecule has 0 atom stereocenters. The number of nitrogens with zero attached hydrogens (tertiary/aromatic N) is 2. The van der Waals surface area contributed by atoms with Crippen molar-refractivity contribution in [3.8, 4) is 0 Å². The van der Waals surface area contributed by atoms with Gasteiger partial charge in [-0.15, -0.1) is 0 Å².